The predicted octanol–water partition coefficient (Wildman–Crippen LogP) is 1.35. The maximum Gasteiger partial charge on any atom is 0.267 e. The van der Waals surface area contributed by atoms with E-state index in [0.29, 0.717) is 5.82 Å². The van der Waals surface area contributed by atoms with Crippen molar-refractivity contribution in [1.29, 1.82) is 0 Å². The second-order valence-corrected chi connectivity index (χ2v) is 5.62. The molecule has 0 unspecified atom stereocenters. The number of rotatable bonds is 3. The van der Waals surface area contributed by atoms with E-state index in [0.717, 1.165) is 11.5 Å². The first kappa shape index (κ1) is 11.8. The second kappa shape index (κ2) is 4.30. The minimum absolute atomic E-state index is 0.172. The number of phenols is 1. The number of sulfonamides is 1. The Morgan fingerprint density at radius 3 is 2.65 bits per heavy atom. The Hall–Kier alpha value is -1.67. The van der Waals surface area contributed by atoms with Gasteiger partial charge in [0.25, 0.3) is 10.0 Å². The van der Waals surface area contributed by atoms with Crippen LogP contribution in [0.3, 0.4) is 0 Å². The van der Waals surface area contributed by atoms with E-state index < -0.39 is 10.0 Å². The molecule has 0 spiro atoms. The van der Waals surface area contributed by atoms with Crippen LogP contribution in [0.2, 0.25) is 0 Å². The molecule has 90 valence electrons. The van der Waals surface area contributed by atoms with Gasteiger partial charge in [0, 0.05) is 11.5 Å². The van der Waals surface area contributed by atoms with Gasteiger partial charge in [-0.2, -0.15) is 4.37 Å². The molecule has 0 aliphatic heterocycles. The van der Waals surface area contributed by atoms with Crippen molar-refractivity contribution in [3.63, 3.8) is 0 Å². The van der Waals surface area contributed by atoms with Gasteiger partial charge in [-0.3, -0.25) is 4.72 Å². The van der Waals surface area contributed by atoms with Gasteiger partial charge in [-0.15, -0.1) is 0 Å². The molecule has 0 aliphatic rings. The SMILES string of the molecule is Cc1nsc(NS(=O)(=O)c2ccccc2O)n1. The number of aromatic nitrogens is 2. The van der Waals surface area contributed by atoms with E-state index in [1.165, 1.54) is 18.2 Å². The van der Waals surface area contributed by atoms with E-state index in [2.05, 4.69) is 14.1 Å². The zero-order valence-corrected chi connectivity index (χ0v) is 10.4. The highest BCUT2D eigenvalue weighted by Crippen LogP contribution is 2.24. The molecule has 0 radical (unpaired) electrons. The highest BCUT2D eigenvalue weighted by molar-refractivity contribution is 7.93. The lowest BCUT2D eigenvalue weighted by Gasteiger charge is -2.05. The molecule has 0 saturated carbocycles. The second-order valence-electron chi connectivity index (χ2n) is 3.22. The summed E-state index contributed by atoms with van der Waals surface area (Å²) in [5.74, 6) is 0.186. The van der Waals surface area contributed by atoms with Crippen LogP contribution in [0.15, 0.2) is 29.2 Å². The van der Waals surface area contributed by atoms with Crippen LogP contribution < -0.4 is 4.72 Å². The summed E-state index contributed by atoms with van der Waals surface area (Å²) in [7, 11) is -3.82. The van der Waals surface area contributed by atoms with Gasteiger partial charge in [-0.1, -0.05) is 12.1 Å². The number of benzene rings is 1. The average Bonchev–Trinajstić information content (AvgIpc) is 2.63. The molecular formula is C9H9N3O3S2. The van der Waals surface area contributed by atoms with E-state index in [-0.39, 0.29) is 15.8 Å². The Labute approximate surface area is 102 Å². The van der Waals surface area contributed by atoms with Gasteiger partial charge in [0.2, 0.25) is 5.13 Å². The van der Waals surface area contributed by atoms with E-state index in [1.54, 1.807) is 13.0 Å². The fourth-order valence-electron chi connectivity index (χ4n) is 1.19. The lowest BCUT2D eigenvalue weighted by molar-refractivity contribution is 0.459. The number of hydrogen-bond donors (Lipinski definition) is 2. The van der Waals surface area contributed by atoms with Crippen LogP contribution in [0.4, 0.5) is 5.13 Å². The summed E-state index contributed by atoms with van der Waals surface area (Å²) in [5.41, 5.74) is 0. The summed E-state index contributed by atoms with van der Waals surface area (Å²) in [6.45, 7) is 1.66. The Balaban J connectivity index is 2.35. The van der Waals surface area contributed by atoms with Crippen LogP contribution in [0.1, 0.15) is 5.82 Å². The highest BCUT2D eigenvalue weighted by Gasteiger charge is 2.19. The van der Waals surface area contributed by atoms with Gasteiger partial charge in [0.1, 0.15) is 16.5 Å². The molecule has 2 aromatic rings. The van der Waals surface area contributed by atoms with Gasteiger partial charge in [-0.05, 0) is 19.1 Å². The van der Waals surface area contributed by atoms with E-state index in [4.69, 9.17) is 0 Å². The summed E-state index contributed by atoms with van der Waals surface area (Å²) in [6, 6.07) is 5.69. The van der Waals surface area contributed by atoms with Crippen molar-refractivity contribution < 1.29 is 13.5 Å². The molecule has 2 rings (SSSR count). The van der Waals surface area contributed by atoms with Crippen molar-refractivity contribution in [2.75, 3.05) is 4.72 Å². The fraction of sp³-hybridized carbons (Fsp3) is 0.111. The third-order valence-corrected chi connectivity index (χ3v) is 4.14. The predicted molar refractivity (Wildman–Crippen MR) is 63.6 cm³/mol. The third kappa shape index (κ3) is 2.53. The maximum atomic E-state index is 11.9. The molecule has 6 nitrogen and oxygen atoms in total. The summed E-state index contributed by atoms with van der Waals surface area (Å²) in [6.07, 6.45) is 0. The summed E-state index contributed by atoms with van der Waals surface area (Å²) >= 11 is 0.944. The molecule has 2 N–H and O–H groups in total. The first-order valence-electron chi connectivity index (χ1n) is 4.60. The molecule has 1 heterocycles. The Bertz CT molecular complexity index is 636. The van der Waals surface area contributed by atoms with Crippen LogP contribution in [-0.2, 0) is 10.0 Å². The number of anilines is 1. The van der Waals surface area contributed by atoms with Crippen molar-refractivity contribution in [2.24, 2.45) is 0 Å². The lowest BCUT2D eigenvalue weighted by Crippen LogP contribution is -2.12. The third-order valence-electron chi connectivity index (χ3n) is 1.90. The number of hydrogen-bond acceptors (Lipinski definition) is 6. The summed E-state index contributed by atoms with van der Waals surface area (Å²) in [5, 5.41) is 9.65. The Morgan fingerprint density at radius 1 is 1.35 bits per heavy atom. The van der Waals surface area contributed by atoms with Gasteiger partial charge < -0.3 is 5.11 Å². The Kier molecular flexibility index (Phi) is 2.99. The number of nitrogens with one attached hydrogen (secondary N) is 1. The normalized spacial score (nSPS) is 11.4. The zero-order chi connectivity index (χ0) is 12.5. The number of phenolic OH excluding ortho intramolecular Hbond substituents is 1. The summed E-state index contributed by atoms with van der Waals surface area (Å²) < 4.78 is 29.9. The standard InChI is InChI=1S/C9H9N3O3S2/c1-6-10-9(16-11-6)12-17(14,15)8-5-3-2-4-7(8)13/h2-5,13H,1H3,(H,10,11,12). The average molecular weight is 271 g/mol. The molecule has 0 bridgehead atoms. The van der Waals surface area contributed by atoms with E-state index in [9.17, 15) is 13.5 Å². The quantitative estimate of drug-likeness (QED) is 0.879. The molecule has 1 aromatic heterocycles. The van der Waals surface area contributed by atoms with Crippen molar-refractivity contribution in [2.45, 2.75) is 11.8 Å². The van der Waals surface area contributed by atoms with Crippen molar-refractivity contribution in [3.05, 3.63) is 30.1 Å². The highest BCUT2D eigenvalue weighted by atomic mass is 32.2. The largest absolute Gasteiger partial charge is 0.507 e. The molecule has 0 amide bonds. The lowest BCUT2D eigenvalue weighted by atomic mass is 10.3. The molecular weight excluding hydrogens is 262 g/mol. The Morgan fingerprint density at radius 2 is 2.06 bits per heavy atom. The van der Waals surface area contributed by atoms with E-state index >= 15 is 0 Å². The molecule has 0 saturated heterocycles. The smallest absolute Gasteiger partial charge is 0.267 e. The fourth-order valence-corrected chi connectivity index (χ4v) is 3.09. The van der Waals surface area contributed by atoms with Crippen molar-refractivity contribution >= 4 is 26.7 Å². The number of aromatic hydroxyl groups is 1. The van der Waals surface area contributed by atoms with Crippen LogP contribution >= 0.6 is 11.5 Å². The minimum Gasteiger partial charge on any atom is -0.507 e. The van der Waals surface area contributed by atoms with E-state index in [1.807, 2.05) is 0 Å². The van der Waals surface area contributed by atoms with Crippen molar-refractivity contribution in [3.8, 4) is 5.75 Å². The van der Waals surface area contributed by atoms with Gasteiger partial charge in [0.15, 0.2) is 0 Å². The zero-order valence-electron chi connectivity index (χ0n) is 8.78. The molecule has 0 atom stereocenters. The first-order chi connectivity index (χ1) is 7.99. The molecule has 1 aromatic carbocycles. The monoisotopic (exact) mass is 271 g/mol. The van der Waals surface area contributed by atoms with Crippen LogP contribution in [0.25, 0.3) is 0 Å². The van der Waals surface area contributed by atoms with Crippen LogP contribution in [0, 0.1) is 6.92 Å². The minimum atomic E-state index is -3.82. The van der Waals surface area contributed by atoms with Gasteiger partial charge in [-0.25, -0.2) is 13.4 Å². The summed E-state index contributed by atoms with van der Waals surface area (Å²) in [4.78, 5) is 3.70. The van der Waals surface area contributed by atoms with Gasteiger partial charge >= 0.3 is 0 Å². The number of nitrogens with zero attached hydrogens (tertiary/aromatic N) is 2. The molecule has 17 heavy (non-hydrogen) atoms. The molecule has 0 aliphatic carbocycles. The topological polar surface area (TPSA) is 92.2 Å². The first-order valence-corrected chi connectivity index (χ1v) is 6.86. The number of aryl methyl sites for hydroxylation is 1. The van der Waals surface area contributed by atoms with Crippen molar-refractivity contribution in [1.82, 2.24) is 9.36 Å². The van der Waals surface area contributed by atoms with Crippen LogP contribution in [0.5, 0.6) is 5.75 Å². The number of para-hydroxylation sites is 1. The van der Waals surface area contributed by atoms with Crippen LogP contribution in [-0.4, -0.2) is 22.9 Å². The molecule has 8 heteroatoms. The maximum absolute atomic E-state index is 11.9. The van der Waals surface area contributed by atoms with Gasteiger partial charge in [0.05, 0.1) is 0 Å². The molecule has 0 fully saturated rings.